The third kappa shape index (κ3) is 3.72. The van der Waals surface area contributed by atoms with E-state index in [1.54, 1.807) is 6.26 Å². The molecule has 1 unspecified atom stereocenters. The molecule has 0 aliphatic heterocycles. The predicted octanol–water partition coefficient (Wildman–Crippen LogP) is 0.895. The summed E-state index contributed by atoms with van der Waals surface area (Å²) in [5.41, 5.74) is 3.58. The van der Waals surface area contributed by atoms with Crippen molar-refractivity contribution in [2.24, 2.45) is 7.05 Å². The van der Waals surface area contributed by atoms with E-state index < -0.39 is 10.8 Å². The molecule has 1 N–H and O–H groups in total. The van der Waals surface area contributed by atoms with Crippen molar-refractivity contribution in [1.29, 1.82) is 0 Å². The van der Waals surface area contributed by atoms with Gasteiger partial charge in [-0.15, -0.1) is 0 Å². The fraction of sp³-hybridized carbons (Fsp3) is 0.727. The van der Waals surface area contributed by atoms with Crippen LogP contribution < -0.4 is 5.32 Å². The highest BCUT2D eigenvalue weighted by Gasteiger charge is 2.07. The molecule has 4 nitrogen and oxygen atoms in total. The minimum absolute atomic E-state index is 0.675. The molecule has 0 spiro atoms. The van der Waals surface area contributed by atoms with Crippen molar-refractivity contribution >= 4 is 10.8 Å². The van der Waals surface area contributed by atoms with Crippen molar-refractivity contribution in [3.63, 3.8) is 0 Å². The molecule has 92 valence electrons. The van der Waals surface area contributed by atoms with E-state index in [-0.39, 0.29) is 0 Å². The molecular formula is C11H21N3OS. The Hall–Kier alpha value is -0.680. The van der Waals surface area contributed by atoms with Crippen molar-refractivity contribution in [2.75, 3.05) is 18.6 Å². The van der Waals surface area contributed by atoms with E-state index in [2.05, 4.69) is 17.3 Å². The Morgan fingerprint density at radius 2 is 2.12 bits per heavy atom. The van der Waals surface area contributed by atoms with Crippen molar-refractivity contribution < 1.29 is 4.21 Å². The second kappa shape index (κ2) is 6.15. The highest BCUT2D eigenvalue weighted by Crippen LogP contribution is 2.10. The van der Waals surface area contributed by atoms with Gasteiger partial charge in [0.25, 0.3) is 0 Å². The van der Waals surface area contributed by atoms with Crippen molar-refractivity contribution in [2.45, 2.75) is 26.8 Å². The minimum Gasteiger partial charge on any atom is -0.313 e. The molecule has 0 saturated heterocycles. The maximum absolute atomic E-state index is 10.9. The number of hydrogen-bond acceptors (Lipinski definition) is 3. The molecule has 1 aromatic rings. The van der Waals surface area contributed by atoms with Gasteiger partial charge < -0.3 is 5.32 Å². The second-order valence-electron chi connectivity index (χ2n) is 4.08. The van der Waals surface area contributed by atoms with Gasteiger partial charge in [-0.2, -0.15) is 5.10 Å². The highest BCUT2D eigenvalue weighted by molar-refractivity contribution is 7.84. The number of nitrogens with zero attached hydrogens (tertiary/aromatic N) is 2. The Bertz CT molecular complexity index is 374. The van der Waals surface area contributed by atoms with E-state index in [0.717, 1.165) is 31.0 Å². The molecule has 0 bridgehead atoms. The second-order valence-corrected chi connectivity index (χ2v) is 5.64. The van der Waals surface area contributed by atoms with Gasteiger partial charge in [-0.3, -0.25) is 8.89 Å². The van der Waals surface area contributed by atoms with E-state index in [4.69, 9.17) is 0 Å². The third-order valence-corrected chi connectivity index (χ3v) is 3.61. The van der Waals surface area contributed by atoms with Crippen LogP contribution in [-0.4, -0.2) is 32.5 Å². The summed E-state index contributed by atoms with van der Waals surface area (Å²) in [5, 5.41) is 7.73. The number of aryl methyl sites for hydroxylation is 2. The van der Waals surface area contributed by atoms with Gasteiger partial charge in [0.2, 0.25) is 0 Å². The lowest BCUT2D eigenvalue weighted by molar-refractivity contribution is 0.658. The summed E-state index contributed by atoms with van der Waals surface area (Å²) in [4.78, 5) is 0. The van der Waals surface area contributed by atoms with Crippen molar-refractivity contribution in [1.82, 2.24) is 15.1 Å². The first-order chi connectivity index (χ1) is 7.52. The lowest BCUT2D eigenvalue weighted by atomic mass is 10.2. The quantitative estimate of drug-likeness (QED) is 0.755. The first-order valence-corrected chi connectivity index (χ1v) is 7.25. The number of nitrogens with one attached hydrogen (secondary N) is 1. The standard InChI is InChI=1S/C11H21N3OS/c1-9-11(10(2)14(3)13-9)8-12-6-5-7-16(4)15/h12H,5-8H2,1-4H3. The molecule has 1 atom stereocenters. The van der Waals surface area contributed by atoms with Gasteiger partial charge in [0, 0.05) is 47.7 Å². The van der Waals surface area contributed by atoms with Crippen LogP contribution in [0.2, 0.25) is 0 Å². The van der Waals surface area contributed by atoms with Crippen LogP contribution in [0.15, 0.2) is 0 Å². The summed E-state index contributed by atoms with van der Waals surface area (Å²) >= 11 is 0. The molecule has 1 aromatic heterocycles. The number of hydrogen-bond donors (Lipinski definition) is 1. The fourth-order valence-corrected chi connectivity index (χ4v) is 2.24. The Kier molecular flexibility index (Phi) is 5.15. The average Bonchev–Trinajstić information content (AvgIpc) is 2.43. The van der Waals surface area contributed by atoms with Crippen molar-refractivity contribution in [3.8, 4) is 0 Å². The topological polar surface area (TPSA) is 46.9 Å². The van der Waals surface area contributed by atoms with Gasteiger partial charge in [-0.1, -0.05) is 0 Å². The zero-order valence-corrected chi connectivity index (χ0v) is 11.4. The lowest BCUT2D eigenvalue weighted by Gasteiger charge is -2.04. The van der Waals surface area contributed by atoms with E-state index in [1.807, 2.05) is 18.7 Å². The Morgan fingerprint density at radius 1 is 1.44 bits per heavy atom. The monoisotopic (exact) mass is 243 g/mol. The minimum atomic E-state index is -0.675. The predicted molar refractivity (Wildman–Crippen MR) is 67.9 cm³/mol. The Balaban J connectivity index is 2.34. The van der Waals surface area contributed by atoms with Crippen LogP contribution in [-0.2, 0) is 24.4 Å². The maximum Gasteiger partial charge on any atom is 0.0641 e. The summed E-state index contributed by atoms with van der Waals surface area (Å²) in [6.07, 6.45) is 2.71. The van der Waals surface area contributed by atoms with Crippen LogP contribution in [0.3, 0.4) is 0 Å². The van der Waals surface area contributed by atoms with Gasteiger partial charge in [0.1, 0.15) is 0 Å². The molecule has 0 amide bonds. The molecular weight excluding hydrogens is 222 g/mol. The summed E-state index contributed by atoms with van der Waals surface area (Å²) in [7, 11) is 1.29. The first kappa shape index (κ1) is 13.4. The maximum atomic E-state index is 10.9. The molecule has 0 aliphatic rings. The number of aromatic nitrogens is 2. The van der Waals surface area contributed by atoms with Crippen LogP contribution >= 0.6 is 0 Å². The van der Waals surface area contributed by atoms with E-state index in [9.17, 15) is 4.21 Å². The third-order valence-electron chi connectivity index (χ3n) is 2.75. The SMILES string of the molecule is Cc1nn(C)c(C)c1CNCCCS(C)=O. The normalized spacial score (nSPS) is 13.0. The molecule has 0 aliphatic carbocycles. The molecule has 0 aromatic carbocycles. The molecule has 0 saturated carbocycles. The van der Waals surface area contributed by atoms with Crippen LogP contribution in [0.5, 0.6) is 0 Å². The molecule has 1 rings (SSSR count). The summed E-state index contributed by atoms with van der Waals surface area (Å²) in [6, 6.07) is 0. The van der Waals surface area contributed by atoms with Crippen LogP contribution in [0.25, 0.3) is 0 Å². The average molecular weight is 243 g/mol. The largest absolute Gasteiger partial charge is 0.313 e. The van der Waals surface area contributed by atoms with E-state index >= 15 is 0 Å². The van der Waals surface area contributed by atoms with Gasteiger partial charge in [0.15, 0.2) is 0 Å². The van der Waals surface area contributed by atoms with Gasteiger partial charge in [-0.25, -0.2) is 0 Å². The zero-order valence-electron chi connectivity index (χ0n) is 10.5. The summed E-state index contributed by atoms with van der Waals surface area (Å²) in [6.45, 7) is 5.87. The fourth-order valence-electron chi connectivity index (χ4n) is 1.69. The summed E-state index contributed by atoms with van der Waals surface area (Å²) in [5.74, 6) is 0.776. The molecule has 16 heavy (non-hydrogen) atoms. The summed E-state index contributed by atoms with van der Waals surface area (Å²) < 4.78 is 12.8. The first-order valence-electron chi connectivity index (χ1n) is 5.52. The van der Waals surface area contributed by atoms with Crippen LogP contribution in [0, 0.1) is 13.8 Å². The van der Waals surface area contributed by atoms with Gasteiger partial charge >= 0.3 is 0 Å². The number of rotatable bonds is 6. The van der Waals surface area contributed by atoms with E-state index in [0.29, 0.717) is 0 Å². The van der Waals surface area contributed by atoms with Crippen LogP contribution in [0.1, 0.15) is 23.4 Å². The lowest BCUT2D eigenvalue weighted by Crippen LogP contribution is -2.17. The van der Waals surface area contributed by atoms with Gasteiger partial charge in [-0.05, 0) is 26.8 Å². The Labute approximate surface area is 99.9 Å². The zero-order chi connectivity index (χ0) is 12.1. The van der Waals surface area contributed by atoms with Crippen molar-refractivity contribution in [3.05, 3.63) is 17.0 Å². The van der Waals surface area contributed by atoms with Crippen LogP contribution in [0.4, 0.5) is 0 Å². The highest BCUT2D eigenvalue weighted by atomic mass is 32.2. The molecule has 0 radical (unpaired) electrons. The van der Waals surface area contributed by atoms with Gasteiger partial charge in [0.05, 0.1) is 5.69 Å². The molecule has 0 fully saturated rings. The molecule has 1 heterocycles. The smallest absolute Gasteiger partial charge is 0.0641 e. The molecule has 5 heteroatoms. The van der Waals surface area contributed by atoms with E-state index in [1.165, 1.54) is 11.3 Å². The Morgan fingerprint density at radius 3 is 2.62 bits per heavy atom.